The summed E-state index contributed by atoms with van der Waals surface area (Å²) in [6, 6.07) is 9.46. The van der Waals surface area contributed by atoms with Gasteiger partial charge in [-0.2, -0.15) is 0 Å². The molecule has 1 N–H and O–H groups in total. The molecule has 1 fully saturated rings. The first-order chi connectivity index (χ1) is 12.7. The molecule has 7 nitrogen and oxygen atoms in total. The Morgan fingerprint density at radius 3 is 2.73 bits per heavy atom. The topological polar surface area (TPSA) is 67.2 Å². The average Bonchev–Trinajstić information content (AvgIpc) is 3.34. The van der Waals surface area contributed by atoms with Crippen LogP contribution in [0.25, 0.3) is 0 Å². The zero-order chi connectivity index (χ0) is 17.9. The van der Waals surface area contributed by atoms with Crippen LogP contribution in [0.1, 0.15) is 22.2 Å². The summed E-state index contributed by atoms with van der Waals surface area (Å²) >= 11 is 0. The molecule has 0 aliphatic carbocycles. The number of hydrogen-bond acceptors (Lipinski definition) is 6. The SMILES string of the molecule is CN1CCN([C@H](CNC(=O)c2ccco2)c2ccc3c(c2)OCO3)CC1. The van der Waals surface area contributed by atoms with E-state index in [0.29, 0.717) is 12.3 Å². The van der Waals surface area contributed by atoms with Crippen molar-refractivity contribution < 1.29 is 18.7 Å². The van der Waals surface area contributed by atoms with Gasteiger partial charge >= 0.3 is 0 Å². The van der Waals surface area contributed by atoms with Crippen molar-refractivity contribution in [1.82, 2.24) is 15.1 Å². The van der Waals surface area contributed by atoms with Gasteiger partial charge in [0, 0.05) is 32.7 Å². The second-order valence-corrected chi connectivity index (χ2v) is 6.66. The number of carbonyl (C=O) groups is 1. The summed E-state index contributed by atoms with van der Waals surface area (Å²) < 4.78 is 16.1. The number of ether oxygens (including phenoxy) is 2. The molecule has 3 heterocycles. The average molecular weight is 357 g/mol. The Morgan fingerprint density at radius 1 is 1.15 bits per heavy atom. The summed E-state index contributed by atoms with van der Waals surface area (Å²) in [4.78, 5) is 17.0. The van der Waals surface area contributed by atoms with Gasteiger partial charge in [0.1, 0.15) is 0 Å². The summed E-state index contributed by atoms with van der Waals surface area (Å²) in [6.45, 7) is 4.68. The number of amides is 1. The van der Waals surface area contributed by atoms with Gasteiger partial charge in [0.2, 0.25) is 6.79 Å². The van der Waals surface area contributed by atoms with Crippen LogP contribution in [0.4, 0.5) is 0 Å². The monoisotopic (exact) mass is 357 g/mol. The lowest BCUT2D eigenvalue weighted by molar-refractivity contribution is 0.0863. The molecule has 0 radical (unpaired) electrons. The van der Waals surface area contributed by atoms with Crippen molar-refractivity contribution in [1.29, 1.82) is 0 Å². The Bertz CT molecular complexity index is 754. The quantitative estimate of drug-likeness (QED) is 0.879. The molecule has 1 saturated heterocycles. The van der Waals surface area contributed by atoms with Crippen LogP contribution in [0.5, 0.6) is 11.5 Å². The molecule has 1 atom stereocenters. The van der Waals surface area contributed by atoms with E-state index in [2.05, 4.69) is 28.2 Å². The van der Waals surface area contributed by atoms with Gasteiger partial charge in [-0.15, -0.1) is 0 Å². The molecular weight excluding hydrogens is 334 g/mol. The molecule has 0 saturated carbocycles. The number of fused-ring (bicyclic) bond motifs is 1. The largest absolute Gasteiger partial charge is 0.459 e. The van der Waals surface area contributed by atoms with E-state index in [-0.39, 0.29) is 18.7 Å². The number of rotatable bonds is 5. The van der Waals surface area contributed by atoms with Crippen LogP contribution in [-0.2, 0) is 0 Å². The van der Waals surface area contributed by atoms with Crippen molar-refractivity contribution in [3.8, 4) is 11.5 Å². The molecule has 2 aromatic rings. The van der Waals surface area contributed by atoms with Crippen LogP contribution in [0, 0.1) is 0 Å². The van der Waals surface area contributed by atoms with Crippen LogP contribution in [-0.4, -0.2) is 62.3 Å². The van der Waals surface area contributed by atoms with Crippen molar-refractivity contribution >= 4 is 5.91 Å². The van der Waals surface area contributed by atoms with Crippen molar-refractivity contribution in [2.24, 2.45) is 0 Å². The Balaban J connectivity index is 1.52. The predicted molar refractivity (Wildman–Crippen MR) is 95.4 cm³/mol. The first-order valence-corrected chi connectivity index (χ1v) is 8.84. The molecule has 2 aliphatic rings. The van der Waals surface area contributed by atoms with E-state index in [0.717, 1.165) is 43.2 Å². The van der Waals surface area contributed by atoms with Crippen molar-refractivity contribution in [2.45, 2.75) is 6.04 Å². The molecular formula is C19H23N3O4. The number of benzene rings is 1. The number of nitrogens with zero attached hydrogens (tertiary/aromatic N) is 2. The van der Waals surface area contributed by atoms with Gasteiger partial charge < -0.3 is 24.1 Å². The van der Waals surface area contributed by atoms with Gasteiger partial charge in [-0.05, 0) is 36.9 Å². The highest BCUT2D eigenvalue weighted by molar-refractivity contribution is 5.91. The third-order valence-electron chi connectivity index (χ3n) is 4.96. The fraction of sp³-hybridized carbons (Fsp3) is 0.421. The second kappa shape index (κ2) is 7.39. The molecule has 0 unspecified atom stereocenters. The number of hydrogen-bond donors (Lipinski definition) is 1. The zero-order valence-corrected chi connectivity index (χ0v) is 14.8. The maximum atomic E-state index is 12.3. The minimum atomic E-state index is -0.199. The summed E-state index contributed by atoms with van der Waals surface area (Å²) in [7, 11) is 2.13. The fourth-order valence-corrected chi connectivity index (χ4v) is 3.40. The van der Waals surface area contributed by atoms with E-state index in [1.54, 1.807) is 12.1 Å². The lowest BCUT2D eigenvalue weighted by Crippen LogP contribution is -2.48. The van der Waals surface area contributed by atoms with Gasteiger partial charge in [-0.25, -0.2) is 0 Å². The van der Waals surface area contributed by atoms with Crippen molar-refractivity contribution in [3.63, 3.8) is 0 Å². The molecule has 1 amide bonds. The van der Waals surface area contributed by atoms with E-state index < -0.39 is 0 Å². The summed E-state index contributed by atoms with van der Waals surface area (Å²) in [5, 5.41) is 3.00. The molecule has 0 spiro atoms. The third kappa shape index (κ3) is 3.54. The normalized spacial score (nSPS) is 18.7. The Hall–Kier alpha value is -2.51. The molecule has 2 aliphatic heterocycles. The Labute approximate surface area is 152 Å². The lowest BCUT2D eigenvalue weighted by atomic mass is 10.0. The van der Waals surface area contributed by atoms with Gasteiger partial charge in [-0.3, -0.25) is 9.69 Å². The van der Waals surface area contributed by atoms with E-state index in [9.17, 15) is 4.79 Å². The maximum Gasteiger partial charge on any atom is 0.287 e. The highest BCUT2D eigenvalue weighted by Crippen LogP contribution is 2.35. The molecule has 0 bridgehead atoms. The van der Waals surface area contributed by atoms with E-state index in [4.69, 9.17) is 13.9 Å². The predicted octanol–water partition coefficient (Wildman–Crippen LogP) is 1.73. The molecule has 1 aromatic carbocycles. The Kier molecular flexibility index (Phi) is 4.81. The van der Waals surface area contributed by atoms with Gasteiger partial charge in [0.25, 0.3) is 5.91 Å². The second-order valence-electron chi connectivity index (χ2n) is 6.66. The van der Waals surface area contributed by atoms with Crippen LogP contribution >= 0.6 is 0 Å². The standard InChI is InChI=1S/C19H23N3O4/c1-21-6-8-22(9-7-21)15(12-20-19(23)17-3-2-10-24-17)14-4-5-16-18(11-14)26-13-25-16/h2-5,10-11,15H,6-9,12-13H2,1H3,(H,20,23)/t15-/m1/s1. The third-order valence-corrected chi connectivity index (χ3v) is 4.96. The number of likely N-dealkylation sites (N-methyl/N-ethyl adjacent to an activating group) is 1. The first kappa shape index (κ1) is 16.9. The summed E-state index contributed by atoms with van der Waals surface area (Å²) in [5.41, 5.74) is 1.11. The van der Waals surface area contributed by atoms with Crippen LogP contribution in [0.15, 0.2) is 41.0 Å². The first-order valence-electron chi connectivity index (χ1n) is 8.84. The Morgan fingerprint density at radius 2 is 1.96 bits per heavy atom. The molecule has 4 rings (SSSR count). The van der Waals surface area contributed by atoms with Crippen LogP contribution in [0.2, 0.25) is 0 Å². The molecule has 1 aromatic heterocycles. The van der Waals surface area contributed by atoms with Crippen molar-refractivity contribution in [2.75, 3.05) is 46.6 Å². The number of furan rings is 1. The van der Waals surface area contributed by atoms with Gasteiger partial charge in [-0.1, -0.05) is 6.07 Å². The van der Waals surface area contributed by atoms with E-state index in [1.807, 2.05) is 12.1 Å². The fourth-order valence-electron chi connectivity index (χ4n) is 3.40. The maximum absolute atomic E-state index is 12.3. The minimum Gasteiger partial charge on any atom is -0.459 e. The number of carbonyl (C=O) groups excluding carboxylic acids is 1. The van der Waals surface area contributed by atoms with Gasteiger partial charge in [0.15, 0.2) is 17.3 Å². The van der Waals surface area contributed by atoms with Gasteiger partial charge in [0.05, 0.1) is 12.3 Å². The van der Waals surface area contributed by atoms with Crippen LogP contribution in [0.3, 0.4) is 0 Å². The van der Waals surface area contributed by atoms with Crippen molar-refractivity contribution in [3.05, 3.63) is 47.9 Å². The highest BCUT2D eigenvalue weighted by Gasteiger charge is 2.26. The smallest absolute Gasteiger partial charge is 0.287 e. The molecule has 7 heteroatoms. The summed E-state index contributed by atoms with van der Waals surface area (Å²) in [6.07, 6.45) is 1.50. The number of piperazine rings is 1. The molecule has 138 valence electrons. The minimum absolute atomic E-state index is 0.0668. The zero-order valence-electron chi connectivity index (χ0n) is 14.8. The highest BCUT2D eigenvalue weighted by atomic mass is 16.7. The van der Waals surface area contributed by atoms with E-state index >= 15 is 0 Å². The lowest BCUT2D eigenvalue weighted by Gasteiger charge is -2.38. The van der Waals surface area contributed by atoms with E-state index in [1.165, 1.54) is 6.26 Å². The summed E-state index contributed by atoms with van der Waals surface area (Å²) in [5.74, 6) is 1.66. The van der Waals surface area contributed by atoms with Crippen LogP contribution < -0.4 is 14.8 Å². The number of nitrogens with one attached hydrogen (secondary N) is 1. The molecule has 26 heavy (non-hydrogen) atoms.